The SMILES string of the molecule is CCNc1nc(C)cc(-n2cccn2)n1. The van der Waals surface area contributed by atoms with Gasteiger partial charge in [-0.1, -0.05) is 0 Å². The fourth-order valence-electron chi connectivity index (χ4n) is 1.31. The molecule has 2 rings (SSSR count). The molecule has 0 atom stereocenters. The van der Waals surface area contributed by atoms with Crippen LogP contribution in [-0.4, -0.2) is 26.3 Å². The van der Waals surface area contributed by atoms with Crippen LogP contribution in [0.5, 0.6) is 0 Å². The second kappa shape index (κ2) is 4.08. The van der Waals surface area contributed by atoms with Crippen LogP contribution in [0.15, 0.2) is 24.5 Å². The number of hydrogen-bond donors (Lipinski definition) is 1. The van der Waals surface area contributed by atoms with Gasteiger partial charge in [0.2, 0.25) is 5.95 Å². The fourth-order valence-corrected chi connectivity index (χ4v) is 1.31. The standard InChI is InChI=1S/C10H13N5/c1-3-11-10-13-8(2)7-9(14-10)15-6-4-5-12-15/h4-7H,3H2,1-2H3,(H,11,13,14). The van der Waals surface area contributed by atoms with E-state index in [1.54, 1.807) is 10.9 Å². The molecule has 2 aromatic rings. The molecule has 0 radical (unpaired) electrons. The minimum atomic E-state index is 0.642. The maximum absolute atomic E-state index is 4.34. The van der Waals surface area contributed by atoms with E-state index < -0.39 is 0 Å². The number of rotatable bonds is 3. The van der Waals surface area contributed by atoms with Crippen molar-refractivity contribution in [2.45, 2.75) is 13.8 Å². The maximum Gasteiger partial charge on any atom is 0.224 e. The quantitative estimate of drug-likeness (QED) is 0.819. The summed E-state index contributed by atoms with van der Waals surface area (Å²) < 4.78 is 1.72. The topological polar surface area (TPSA) is 55.6 Å². The van der Waals surface area contributed by atoms with Crippen LogP contribution < -0.4 is 5.32 Å². The minimum Gasteiger partial charge on any atom is -0.354 e. The molecule has 0 bridgehead atoms. The number of nitrogens with zero attached hydrogens (tertiary/aromatic N) is 4. The summed E-state index contributed by atoms with van der Waals surface area (Å²) in [5, 5.41) is 7.21. The number of anilines is 1. The summed E-state index contributed by atoms with van der Waals surface area (Å²) in [7, 11) is 0. The molecule has 0 fully saturated rings. The van der Waals surface area contributed by atoms with Gasteiger partial charge in [0.25, 0.3) is 0 Å². The molecule has 5 nitrogen and oxygen atoms in total. The minimum absolute atomic E-state index is 0.642. The van der Waals surface area contributed by atoms with E-state index in [2.05, 4.69) is 20.4 Å². The van der Waals surface area contributed by atoms with Gasteiger partial charge in [-0.15, -0.1) is 0 Å². The first-order chi connectivity index (χ1) is 7.29. The van der Waals surface area contributed by atoms with Gasteiger partial charge in [0.05, 0.1) is 0 Å². The molecule has 1 N–H and O–H groups in total. The molecule has 0 unspecified atom stereocenters. The normalized spacial score (nSPS) is 10.3. The van der Waals surface area contributed by atoms with Crippen LogP contribution in [0.3, 0.4) is 0 Å². The second-order valence-electron chi connectivity index (χ2n) is 3.17. The van der Waals surface area contributed by atoms with Gasteiger partial charge in [-0.25, -0.2) is 9.67 Å². The van der Waals surface area contributed by atoms with E-state index in [-0.39, 0.29) is 0 Å². The third-order valence-corrected chi connectivity index (χ3v) is 1.91. The van der Waals surface area contributed by atoms with Crippen molar-refractivity contribution >= 4 is 5.95 Å². The van der Waals surface area contributed by atoms with E-state index in [4.69, 9.17) is 0 Å². The van der Waals surface area contributed by atoms with Crippen molar-refractivity contribution in [2.24, 2.45) is 0 Å². The third-order valence-electron chi connectivity index (χ3n) is 1.91. The largest absolute Gasteiger partial charge is 0.354 e. The molecule has 0 spiro atoms. The van der Waals surface area contributed by atoms with Crippen molar-refractivity contribution in [1.29, 1.82) is 0 Å². The first-order valence-corrected chi connectivity index (χ1v) is 4.89. The smallest absolute Gasteiger partial charge is 0.224 e. The number of nitrogens with one attached hydrogen (secondary N) is 1. The van der Waals surface area contributed by atoms with Crippen LogP contribution in [0.25, 0.3) is 5.82 Å². The third kappa shape index (κ3) is 2.12. The molecule has 0 amide bonds. The van der Waals surface area contributed by atoms with Crippen molar-refractivity contribution in [3.8, 4) is 5.82 Å². The Balaban J connectivity index is 2.40. The lowest BCUT2D eigenvalue weighted by molar-refractivity contribution is 0.835. The monoisotopic (exact) mass is 203 g/mol. The van der Waals surface area contributed by atoms with E-state index in [0.717, 1.165) is 18.1 Å². The predicted molar refractivity (Wildman–Crippen MR) is 58.1 cm³/mol. The highest BCUT2D eigenvalue weighted by molar-refractivity contribution is 5.34. The van der Waals surface area contributed by atoms with Crippen LogP contribution in [0.4, 0.5) is 5.95 Å². The highest BCUT2D eigenvalue weighted by Crippen LogP contribution is 2.08. The van der Waals surface area contributed by atoms with Gasteiger partial charge in [-0.3, -0.25) is 0 Å². The Bertz CT molecular complexity index is 435. The zero-order valence-electron chi connectivity index (χ0n) is 8.81. The van der Waals surface area contributed by atoms with Gasteiger partial charge in [0.15, 0.2) is 5.82 Å². The molecule has 5 heteroatoms. The highest BCUT2D eigenvalue weighted by atomic mass is 15.3. The van der Waals surface area contributed by atoms with Crippen molar-refractivity contribution < 1.29 is 0 Å². The lowest BCUT2D eigenvalue weighted by atomic mass is 10.4. The van der Waals surface area contributed by atoms with Crippen LogP contribution >= 0.6 is 0 Å². The fraction of sp³-hybridized carbons (Fsp3) is 0.300. The molecular formula is C10H13N5. The van der Waals surface area contributed by atoms with Gasteiger partial charge in [-0.05, 0) is 19.9 Å². The lowest BCUT2D eigenvalue weighted by Crippen LogP contribution is -2.07. The Morgan fingerprint density at radius 3 is 2.93 bits per heavy atom. The predicted octanol–water partition coefficient (Wildman–Crippen LogP) is 1.40. The van der Waals surface area contributed by atoms with Crippen molar-refractivity contribution in [3.63, 3.8) is 0 Å². The maximum atomic E-state index is 4.34. The van der Waals surface area contributed by atoms with Crippen molar-refractivity contribution in [2.75, 3.05) is 11.9 Å². The summed E-state index contributed by atoms with van der Waals surface area (Å²) in [6.45, 7) is 4.76. The molecule has 0 aromatic carbocycles. The first kappa shape index (κ1) is 9.64. The Morgan fingerprint density at radius 2 is 2.27 bits per heavy atom. The molecule has 2 heterocycles. The van der Waals surface area contributed by atoms with Gasteiger partial charge < -0.3 is 5.32 Å². The summed E-state index contributed by atoms with van der Waals surface area (Å²) in [5.74, 6) is 1.42. The molecule has 0 aliphatic heterocycles. The average molecular weight is 203 g/mol. The molecule has 15 heavy (non-hydrogen) atoms. The van der Waals surface area contributed by atoms with E-state index in [1.807, 2.05) is 32.2 Å². The van der Waals surface area contributed by atoms with Gasteiger partial charge in [-0.2, -0.15) is 10.1 Å². The number of hydrogen-bond acceptors (Lipinski definition) is 4. The Kier molecular flexibility index (Phi) is 2.62. The van der Waals surface area contributed by atoms with E-state index in [1.165, 1.54) is 0 Å². The zero-order chi connectivity index (χ0) is 10.7. The first-order valence-electron chi connectivity index (χ1n) is 4.89. The Morgan fingerprint density at radius 1 is 1.40 bits per heavy atom. The molecule has 0 aliphatic carbocycles. The molecule has 78 valence electrons. The lowest BCUT2D eigenvalue weighted by Gasteiger charge is -2.06. The summed E-state index contributed by atoms with van der Waals surface area (Å²) in [6, 6.07) is 3.76. The summed E-state index contributed by atoms with van der Waals surface area (Å²) in [5.41, 5.74) is 0.923. The molecule has 0 saturated heterocycles. The van der Waals surface area contributed by atoms with Crippen LogP contribution in [0.1, 0.15) is 12.6 Å². The molecular weight excluding hydrogens is 190 g/mol. The molecule has 0 aliphatic rings. The van der Waals surface area contributed by atoms with Crippen LogP contribution in [0, 0.1) is 6.92 Å². The average Bonchev–Trinajstić information content (AvgIpc) is 2.70. The van der Waals surface area contributed by atoms with E-state index >= 15 is 0 Å². The Labute approximate surface area is 88.2 Å². The molecule has 0 saturated carbocycles. The second-order valence-corrected chi connectivity index (χ2v) is 3.17. The van der Waals surface area contributed by atoms with Gasteiger partial charge in [0, 0.05) is 30.7 Å². The Hall–Kier alpha value is -1.91. The van der Waals surface area contributed by atoms with Crippen molar-refractivity contribution in [1.82, 2.24) is 19.7 Å². The highest BCUT2D eigenvalue weighted by Gasteiger charge is 2.02. The summed E-state index contributed by atoms with van der Waals surface area (Å²) in [6.07, 6.45) is 3.59. The van der Waals surface area contributed by atoms with E-state index in [0.29, 0.717) is 5.95 Å². The summed E-state index contributed by atoms with van der Waals surface area (Å²) >= 11 is 0. The van der Waals surface area contributed by atoms with Crippen molar-refractivity contribution in [3.05, 3.63) is 30.2 Å². The van der Waals surface area contributed by atoms with Crippen LogP contribution in [0.2, 0.25) is 0 Å². The van der Waals surface area contributed by atoms with E-state index in [9.17, 15) is 0 Å². The molecule has 2 aromatic heterocycles. The van der Waals surface area contributed by atoms with Gasteiger partial charge in [0.1, 0.15) is 0 Å². The number of aryl methyl sites for hydroxylation is 1. The van der Waals surface area contributed by atoms with Gasteiger partial charge >= 0.3 is 0 Å². The number of aromatic nitrogens is 4. The van der Waals surface area contributed by atoms with Crippen LogP contribution in [-0.2, 0) is 0 Å². The summed E-state index contributed by atoms with van der Waals surface area (Å²) in [4.78, 5) is 8.61. The zero-order valence-corrected chi connectivity index (χ0v) is 8.81.